The minimum absolute atomic E-state index is 0.0821. The Balaban J connectivity index is 1.66. The summed E-state index contributed by atoms with van der Waals surface area (Å²) in [5, 5.41) is 4.06. The third-order valence-corrected chi connectivity index (χ3v) is 13.5. The number of fused-ring (bicyclic) bond motifs is 2. The Labute approximate surface area is 197 Å². The smallest absolute Gasteiger partial charge is 0.0880 e. The normalized spacial score (nSPS) is 18.6. The predicted octanol–water partition coefficient (Wildman–Crippen LogP) is 9.14. The van der Waals surface area contributed by atoms with Gasteiger partial charge in [0.15, 0.2) is 0 Å². The highest BCUT2D eigenvalue weighted by Gasteiger charge is 2.36. The zero-order chi connectivity index (χ0) is 22.7. The lowest BCUT2D eigenvalue weighted by Gasteiger charge is -2.24. The Morgan fingerprint density at radius 3 is 2.56 bits per heavy atom. The van der Waals surface area contributed by atoms with E-state index in [0.29, 0.717) is 0 Å². The van der Waals surface area contributed by atoms with Crippen molar-refractivity contribution in [3.05, 3.63) is 64.7 Å². The van der Waals surface area contributed by atoms with Crippen LogP contribution in [0.3, 0.4) is 0 Å². The second kappa shape index (κ2) is 7.81. The van der Waals surface area contributed by atoms with E-state index in [2.05, 4.69) is 83.3 Å². The van der Waals surface area contributed by atoms with Crippen LogP contribution in [0.25, 0.3) is 32.1 Å². The van der Waals surface area contributed by atoms with Gasteiger partial charge in [0.1, 0.15) is 0 Å². The van der Waals surface area contributed by atoms with Crippen molar-refractivity contribution in [1.82, 2.24) is 4.98 Å². The van der Waals surface area contributed by atoms with Crippen molar-refractivity contribution in [3.63, 3.8) is 0 Å². The summed E-state index contributed by atoms with van der Waals surface area (Å²) in [7, 11) is -1.07. The van der Waals surface area contributed by atoms with Gasteiger partial charge in [0, 0.05) is 16.6 Å². The lowest BCUT2D eigenvalue weighted by molar-refractivity contribution is 0.596. The van der Waals surface area contributed by atoms with Crippen LogP contribution >= 0.6 is 11.3 Å². The van der Waals surface area contributed by atoms with Gasteiger partial charge >= 0.3 is 0 Å². The van der Waals surface area contributed by atoms with Crippen molar-refractivity contribution >= 4 is 40.3 Å². The van der Waals surface area contributed by atoms with Crippen molar-refractivity contribution < 1.29 is 0 Å². The van der Waals surface area contributed by atoms with Crippen LogP contribution in [0.4, 0.5) is 0 Å². The van der Waals surface area contributed by atoms with Crippen molar-refractivity contribution in [2.24, 2.45) is 0 Å². The maximum atomic E-state index is 4.94. The molecule has 0 aliphatic carbocycles. The molecule has 0 bridgehead atoms. The number of hydrogen-bond acceptors (Lipinski definition) is 2. The van der Waals surface area contributed by atoms with Crippen LogP contribution in [-0.2, 0) is 11.8 Å². The highest BCUT2D eigenvalue weighted by atomic mass is 32.1. The highest BCUT2D eigenvalue weighted by Crippen LogP contribution is 2.46. The van der Waals surface area contributed by atoms with Crippen LogP contribution in [0, 0.1) is 6.92 Å². The van der Waals surface area contributed by atoms with Crippen LogP contribution in [0.15, 0.2) is 48.7 Å². The maximum absolute atomic E-state index is 4.94. The molecule has 1 aliphatic rings. The number of benzene rings is 2. The van der Waals surface area contributed by atoms with E-state index in [4.69, 9.17) is 4.98 Å². The molecule has 5 rings (SSSR count). The summed E-state index contributed by atoms with van der Waals surface area (Å²) in [4.78, 5) is 6.54. The molecule has 0 radical (unpaired) electrons. The third-order valence-electron chi connectivity index (χ3n) is 7.81. The topological polar surface area (TPSA) is 12.9 Å². The molecule has 32 heavy (non-hydrogen) atoms. The van der Waals surface area contributed by atoms with Crippen molar-refractivity contribution in [1.29, 1.82) is 0 Å². The SMILES string of the molecule is Cc1c(CC2CCC[Si]2(C)C)sc2c(-c3cc(C(C)(C)C)c4ccccc4c3)nccc12. The van der Waals surface area contributed by atoms with E-state index in [1.54, 1.807) is 4.88 Å². The quantitative estimate of drug-likeness (QED) is 0.279. The van der Waals surface area contributed by atoms with Gasteiger partial charge in [-0.2, -0.15) is 0 Å². The zero-order valence-electron chi connectivity index (χ0n) is 20.4. The first-order chi connectivity index (χ1) is 15.1. The largest absolute Gasteiger partial charge is 0.255 e. The molecule has 1 atom stereocenters. The minimum atomic E-state index is -1.07. The van der Waals surface area contributed by atoms with Crippen LogP contribution in [0.2, 0.25) is 24.7 Å². The summed E-state index contributed by atoms with van der Waals surface area (Å²) < 4.78 is 1.37. The molecule has 3 heteroatoms. The number of thiophene rings is 1. The molecule has 0 N–H and O–H groups in total. The molecule has 0 amide bonds. The summed E-state index contributed by atoms with van der Waals surface area (Å²) in [6.45, 7) is 14.5. The minimum Gasteiger partial charge on any atom is -0.255 e. The van der Waals surface area contributed by atoms with Gasteiger partial charge in [-0.25, -0.2) is 0 Å². The second-order valence-electron chi connectivity index (χ2n) is 11.5. The Kier molecular flexibility index (Phi) is 5.33. The monoisotopic (exact) mass is 457 g/mol. The van der Waals surface area contributed by atoms with Gasteiger partial charge in [0.25, 0.3) is 0 Å². The van der Waals surface area contributed by atoms with Crippen molar-refractivity contribution in [2.75, 3.05) is 0 Å². The molecule has 1 fully saturated rings. The number of rotatable bonds is 3. The van der Waals surface area contributed by atoms with Gasteiger partial charge in [-0.1, -0.05) is 77.0 Å². The summed E-state index contributed by atoms with van der Waals surface area (Å²) in [6, 6.07) is 17.3. The van der Waals surface area contributed by atoms with Crippen LogP contribution in [0.1, 0.15) is 49.6 Å². The molecule has 1 aliphatic heterocycles. The molecule has 1 unspecified atom stereocenters. The number of pyridine rings is 1. The average molecular weight is 458 g/mol. The summed E-state index contributed by atoms with van der Waals surface area (Å²) in [5.41, 5.74) is 6.31. The fourth-order valence-corrected chi connectivity index (χ4v) is 10.5. The maximum Gasteiger partial charge on any atom is 0.0880 e. The summed E-state index contributed by atoms with van der Waals surface area (Å²) in [5.74, 6) is 0. The van der Waals surface area contributed by atoms with Crippen LogP contribution in [-0.4, -0.2) is 13.1 Å². The lowest BCUT2D eigenvalue weighted by atomic mass is 9.82. The van der Waals surface area contributed by atoms with E-state index in [9.17, 15) is 0 Å². The van der Waals surface area contributed by atoms with Crippen molar-refractivity contribution in [3.8, 4) is 11.3 Å². The first-order valence-corrected chi connectivity index (χ1v) is 16.2. The van der Waals surface area contributed by atoms with Gasteiger partial charge < -0.3 is 0 Å². The summed E-state index contributed by atoms with van der Waals surface area (Å²) in [6.07, 6.45) is 6.15. The van der Waals surface area contributed by atoms with E-state index < -0.39 is 8.07 Å². The first kappa shape index (κ1) is 21.9. The number of aromatic nitrogens is 1. The fourth-order valence-electron chi connectivity index (χ4n) is 5.67. The number of nitrogens with zero attached hydrogens (tertiary/aromatic N) is 1. The van der Waals surface area contributed by atoms with Gasteiger partial charge in [0.05, 0.1) is 18.5 Å². The second-order valence-corrected chi connectivity index (χ2v) is 17.9. The predicted molar refractivity (Wildman–Crippen MR) is 145 cm³/mol. The van der Waals surface area contributed by atoms with E-state index >= 15 is 0 Å². The van der Waals surface area contributed by atoms with Crippen LogP contribution < -0.4 is 0 Å². The Hall–Kier alpha value is -1.97. The molecule has 4 aromatic rings. The third kappa shape index (κ3) is 3.74. The van der Waals surface area contributed by atoms with E-state index in [-0.39, 0.29) is 5.41 Å². The van der Waals surface area contributed by atoms with Gasteiger partial charge in [-0.3, -0.25) is 4.98 Å². The Morgan fingerprint density at radius 2 is 1.84 bits per heavy atom. The standard InChI is InChI=1S/C29H35NSSi/c1-19-23-13-14-30-27(28(23)31-26(19)18-22-11-9-15-32(22,5)6)21-16-20-10-7-8-12-24(20)25(17-21)29(2,3)4/h7-8,10,12-14,16-17,22H,9,11,15,18H2,1-6H3. The molecule has 3 heterocycles. The summed E-state index contributed by atoms with van der Waals surface area (Å²) >= 11 is 2.01. The molecular formula is C29H35NSSi. The van der Waals surface area contributed by atoms with Gasteiger partial charge in [0.2, 0.25) is 0 Å². The molecule has 0 saturated carbocycles. The van der Waals surface area contributed by atoms with Gasteiger partial charge in [-0.15, -0.1) is 11.3 Å². The fraction of sp³-hybridized carbons (Fsp3) is 0.414. The molecule has 1 saturated heterocycles. The average Bonchev–Trinajstić information content (AvgIpc) is 3.25. The van der Waals surface area contributed by atoms with Crippen LogP contribution in [0.5, 0.6) is 0 Å². The molecule has 0 spiro atoms. The molecule has 2 aromatic heterocycles. The van der Waals surface area contributed by atoms with E-state index in [0.717, 1.165) is 11.2 Å². The number of aryl methyl sites for hydroxylation is 1. The van der Waals surface area contributed by atoms with Gasteiger partial charge in [-0.05, 0) is 69.8 Å². The Bertz CT molecular complexity index is 1310. The lowest BCUT2D eigenvalue weighted by Crippen LogP contribution is -2.27. The van der Waals surface area contributed by atoms with E-state index in [1.165, 1.54) is 62.9 Å². The molecular weight excluding hydrogens is 422 g/mol. The Morgan fingerprint density at radius 1 is 1.06 bits per heavy atom. The highest BCUT2D eigenvalue weighted by molar-refractivity contribution is 7.19. The number of hydrogen-bond donors (Lipinski definition) is 0. The molecule has 2 aromatic carbocycles. The molecule has 166 valence electrons. The first-order valence-electron chi connectivity index (χ1n) is 12.1. The zero-order valence-corrected chi connectivity index (χ0v) is 22.2. The van der Waals surface area contributed by atoms with E-state index in [1.807, 2.05) is 17.5 Å². The van der Waals surface area contributed by atoms with Crippen molar-refractivity contribution in [2.45, 2.75) is 77.1 Å². The molecule has 1 nitrogen and oxygen atoms in total.